The molecule has 1 heterocycles. The molecule has 0 spiro atoms. The topological polar surface area (TPSA) is 57.0 Å². The van der Waals surface area contributed by atoms with Crippen LogP contribution >= 0.6 is 23.4 Å². The molecule has 0 saturated heterocycles. The number of carbonyl (C=O) groups is 1. The van der Waals surface area contributed by atoms with Crippen molar-refractivity contribution in [1.82, 2.24) is 14.8 Å². The van der Waals surface area contributed by atoms with E-state index in [1.165, 1.54) is 18.9 Å². The Bertz CT molecular complexity index is 839. The van der Waals surface area contributed by atoms with Gasteiger partial charge in [-0.25, -0.2) is 0 Å². The molecule has 0 bridgehead atoms. The van der Waals surface area contributed by atoms with Gasteiger partial charge in [-0.1, -0.05) is 59.8 Å². The van der Waals surface area contributed by atoms with Crippen LogP contribution in [0, 0.1) is 0 Å². The summed E-state index contributed by atoms with van der Waals surface area (Å²) in [6.45, 7) is 0. The maximum atomic E-state index is 12.3. The van der Waals surface area contributed by atoms with Gasteiger partial charge >= 0.3 is 5.97 Å². The molecule has 0 radical (unpaired) electrons. The molecule has 7 heteroatoms. The van der Waals surface area contributed by atoms with Crippen molar-refractivity contribution < 1.29 is 9.53 Å². The largest absolute Gasteiger partial charge is 0.468 e. The second-order valence-electron chi connectivity index (χ2n) is 4.86. The fourth-order valence-corrected chi connectivity index (χ4v) is 3.61. The van der Waals surface area contributed by atoms with Gasteiger partial charge in [0.05, 0.1) is 7.11 Å². The molecule has 5 nitrogen and oxygen atoms in total. The van der Waals surface area contributed by atoms with Crippen LogP contribution in [0.3, 0.4) is 0 Å². The molecule has 0 aliphatic rings. The van der Waals surface area contributed by atoms with Crippen molar-refractivity contribution in [2.75, 3.05) is 7.11 Å². The molecule has 1 aromatic heterocycles. The lowest BCUT2D eigenvalue weighted by Crippen LogP contribution is -2.12. The number of para-hydroxylation sites is 1. The average Bonchev–Trinajstić information content (AvgIpc) is 3.09. The Hall–Kier alpha value is -2.31. The normalized spacial score (nSPS) is 11.9. The third-order valence-corrected chi connectivity index (χ3v) is 4.89. The molecule has 1 unspecified atom stereocenters. The van der Waals surface area contributed by atoms with E-state index in [2.05, 4.69) is 10.2 Å². The maximum absolute atomic E-state index is 12.3. The van der Waals surface area contributed by atoms with Gasteiger partial charge in [0.15, 0.2) is 5.16 Å². The van der Waals surface area contributed by atoms with Gasteiger partial charge in [0.25, 0.3) is 0 Å². The molecule has 0 N–H and O–H groups in total. The second kappa shape index (κ2) is 7.51. The molecule has 24 heavy (non-hydrogen) atoms. The Balaban J connectivity index is 1.97. The van der Waals surface area contributed by atoms with Crippen molar-refractivity contribution >= 4 is 29.3 Å². The fraction of sp³-hybridized carbons (Fsp3) is 0.118. The highest BCUT2D eigenvalue weighted by Gasteiger charge is 2.27. The van der Waals surface area contributed by atoms with Gasteiger partial charge in [-0.3, -0.25) is 9.36 Å². The molecular formula is C17H14ClN3O2S. The van der Waals surface area contributed by atoms with Crippen LogP contribution in [0.1, 0.15) is 10.8 Å². The van der Waals surface area contributed by atoms with E-state index in [1.807, 2.05) is 47.0 Å². The van der Waals surface area contributed by atoms with Crippen molar-refractivity contribution in [2.24, 2.45) is 0 Å². The first-order chi connectivity index (χ1) is 11.7. The first kappa shape index (κ1) is 16.5. The van der Waals surface area contributed by atoms with Crippen molar-refractivity contribution in [3.63, 3.8) is 0 Å². The van der Waals surface area contributed by atoms with E-state index in [0.717, 1.165) is 5.69 Å². The minimum absolute atomic E-state index is 0.393. The Morgan fingerprint density at radius 3 is 2.58 bits per heavy atom. The first-order valence-corrected chi connectivity index (χ1v) is 8.41. The van der Waals surface area contributed by atoms with Gasteiger partial charge < -0.3 is 4.74 Å². The predicted molar refractivity (Wildman–Crippen MR) is 93.4 cm³/mol. The van der Waals surface area contributed by atoms with E-state index in [0.29, 0.717) is 15.7 Å². The van der Waals surface area contributed by atoms with Crippen LogP contribution in [0.5, 0.6) is 0 Å². The number of esters is 1. The summed E-state index contributed by atoms with van der Waals surface area (Å²) in [4.78, 5) is 12.3. The van der Waals surface area contributed by atoms with E-state index >= 15 is 0 Å². The minimum atomic E-state index is -0.629. The maximum Gasteiger partial charge on any atom is 0.323 e. The van der Waals surface area contributed by atoms with Crippen LogP contribution in [-0.4, -0.2) is 27.8 Å². The minimum Gasteiger partial charge on any atom is -0.468 e. The Morgan fingerprint density at radius 1 is 1.17 bits per heavy atom. The molecule has 0 amide bonds. The van der Waals surface area contributed by atoms with Crippen molar-refractivity contribution in [1.29, 1.82) is 0 Å². The van der Waals surface area contributed by atoms with E-state index in [-0.39, 0.29) is 0 Å². The predicted octanol–water partition coefficient (Wildman–Crippen LogP) is 3.93. The van der Waals surface area contributed by atoms with E-state index < -0.39 is 11.2 Å². The van der Waals surface area contributed by atoms with Crippen LogP contribution in [0.2, 0.25) is 5.02 Å². The summed E-state index contributed by atoms with van der Waals surface area (Å²) in [6.07, 6.45) is 1.61. The molecule has 2 aromatic carbocycles. The van der Waals surface area contributed by atoms with Crippen LogP contribution < -0.4 is 0 Å². The van der Waals surface area contributed by atoms with Crippen LogP contribution in [0.15, 0.2) is 66.1 Å². The van der Waals surface area contributed by atoms with Gasteiger partial charge in [-0.15, -0.1) is 10.2 Å². The molecular weight excluding hydrogens is 346 g/mol. The summed E-state index contributed by atoms with van der Waals surface area (Å²) in [5.74, 6) is -0.393. The zero-order chi connectivity index (χ0) is 16.9. The summed E-state index contributed by atoms with van der Waals surface area (Å²) in [6, 6.07) is 16.9. The smallest absolute Gasteiger partial charge is 0.323 e. The quantitative estimate of drug-likeness (QED) is 0.510. The van der Waals surface area contributed by atoms with E-state index in [9.17, 15) is 4.79 Å². The molecule has 0 aliphatic carbocycles. The third-order valence-electron chi connectivity index (χ3n) is 3.38. The highest BCUT2D eigenvalue weighted by molar-refractivity contribution is 8.00. The number of methoxy groups -OCH3 is 1. The number of halogens is 1. The summed E-state index contributed by atoms with van der Waals surface area (Å²) >= 11 is 7.50. The SMILES string of the molecule is COC(=O)C(Sc1nncn1-c1ccccc1)c1ccccc1Cl. The van der Waals surface area contributed by atoms with Crippen LogP contribution in [0.25, 0.3) is 5.69 Å². The molecule has 0 aliphatic heterocycles. The van der Waals surface area contributed by atoms with Crippen molar-refractivity contribution in [3.8, 4) is 5.69 Å². The fourth-order valence-electron chi connectivity index (χ4n) is 2.21. The molecule has 0 fully saturated rings. The number of aromatic nitrogens is 3. The number of nitrogens with zero attached hydrogens (tertiary/aromatic N) is 3. The number of hydrogen-bond acceptors (Lipinski definition) is 5. The lowest BCUT2D eigenvalue weighted by Gasteiger charge is -2.16. The number of ether oxygens (including phenoxy) is 1. The second-order valence-corrected chi connectivity index (χ2v) is 6.34. The Morgan fingerprint density at radius 2 is 1.88 bits per heavy atom. The van der Waals surface area contributed by atoms with Crippen molar-refractivity contribution in [3.05, 3.63) is 71.5 Å². The number of benzene rings is 2. The zero-order valence-corrected chi connectivity index (χ0v) is 14.4. The van der Waals surface area contributed by atoms with Gasteiger partial charge in [0.2, 0.25) is 0 Å². The lowest BCUT2D eigenvalue weighted by molar-refractivity contribution is -0.140. The van der Waals surface area contributed by atoms with Crippen LogP contribution in [-0.2, 0) is 9.53 Å². The van der Waals surface area contributed by atoms with Gasteiger partial charge in [-0.05, 0) is 23.8 Å². The van der Waals surface area contributed by atoms with Gasteiger partial charge in [0.1, 0.15) is 11.6 Å². The number of thioether (sulfide) groups is 1. The standard InChI is InChI=1S/C17H14ClN3O2S/c1-23-16(22)15(13-9-5-6-10-14(13)18)24-17-20-19-11-21(17)12-7-3-2-4-8-12/h2-11,15H,1H3. The monoisotopic (exact) mass is 359 g/mol. The molecule has 1 atom stereocenters. The summed E-state index contributed by atoms with van der Waals surface area (Å²) in [5.41, 5.74) is 1.59. The summed E-state index contributed by atoms with van der Waals surface area (Å²) < 4.78 is 6.76. The Kier molecular flexibility index (Phi) is 5.17. The first-order valence-electron chi connectivity index (χ1n) is 7.15. The molecule has 122 valence electrons. The van der Waals surface area contributed by atoms with E-state index in [1.54, 1.807) is 18.5 Å². The van der Waals surface area contributed by atoms with Crippen LogP contribution in [0.4, 0.5) is 0 Å². The van der Waals surface area contributed by atoms with Gasteiger partial charge in [0, 0.05) is 10.7 Å². The van der Waals surface area contributed by atoms with E-state index in [4.69, 9.17) is 16.3 Å². The van der Waals surface area contributed by atoms with Crippen molar-refractivity contribution in [2.45, 2.75) is 10.4 Å². The lowest BCUT2D eigenvalue weighted by atomic mass is 10.1. The molecule has 3 rings (SSSR count). The Labute approximate surface area is 148 Å². The number of rotatable bonds is 5. The number of hydrogen-bond donors (Lipinski definition) is 0. The molecule has 0 saturated carbocycles. The highest BCUT2D eigenvalue weighted by Crippen LogP contribution is 2.38. The summed E-state index contributed by atoms with van der Waals surface area (Å²) in [7, 11) is 1.36. The highest BCUT2D eigenvalue weighted by atomic mass is 35.5. The number of carbonyl (C=O) groups excluding carboxylic acids is 1. The zero-order valence-electron chi connectivity index (χ0n) is 12.8. The summed E-state index contributed by atoms with van der Waals surface area (Å²) in [5, 5.41) is 8.55. The third kappa shape index (κ3) is 3.44. The average molecular weight is 360 g/mol. The van der Waals surface area contributed by atoms with Gasteiger partial charge in [-0.2, -0.15) is 0 Å². The molecule has 3 aromatic rings.